The summed E-state index contributed by atoms with van der Waals surface area (Å²) in [6.45, 7) is 8.54. The smallest absolute Gasteiger partial charge is 0.260 e. The number of benzene rings is 1. The van der Waals surface area contributed by atoms with Crippen LogP contribution in [-0.4, -0.2) is 30.5 Å². The lowest BCUT2D eigenvalue weighted by atomic mass is 9.49. The van der Waals surface area contributed by atoms with Crippen molar-refractivity contribution in [2.45, 2.75) is 46.5 Å². The molecule has 0 heterocycles. The predicted octanol–water partition coefficient (Wildman–Crippen LogP) is 5.34. The van der Waals surface area contributed by atoms with Crippen LogP contribution in [0.3, 0.4) is 0 Å². The van der Waals surface area contributed by atoms with Crippen LogP contribution in [-0.2, 0) is 4.79 Å². The SMILES string of the molecule is CCCCN(CC1=CCC2CC1C2(C)C)C(=O)COc1ccc(Cl)cc1. The Balaban J connectivity index is 1.60. The standard InChI is InChI=1S/C22H30ClNO2/c1-4-5-12-24(14-16-6-7-17-13-20(16)22(17,2)3)21(25)15-26-19-10-8-18(23)9-11-19/h6,8-11,17,20H,4-5,7,12-15H2,1-3H3. The van der Waals surface area contributed by atoms with Crippen LogP contribution >= 0.6 is 11.6 Å². The van der Waals surface area contributed by atoms with Crippen LogP contribution in [0.1, 0.15) is 46.5 Å². The summed E-state index contributed by atoms with van der Waals surface area (Å²) in [5.74, 6) is 2.20. The Bertz CT molecular complexity index is 665. The van der Waals surface area contributed by atoms with Gasteiger partial charge in [0.15, 0.2) is 6.61 Å². The fourth-order valence-corrected chi connectivity index (χ4v) is 4.41. The van der Waals surface area contributed by atoms with Gasteiger partial charge in [0.2, 0.25) is 0 Å². The molecule has 3 aliphatic rings. The van der Waals surface area contributed by atoms with Crippen LogP contribution in [0, 0.1) is 17.3 Å². The van der Waals surface area contributed by atoms with Crippen LogP contribution in [0.15, 0.2) is 35.9 Å². The van der Waals surface area contributed by atoms with Gasteiger partial charge in [0, 0.05) is 18.1 Å². The topological polar surface area (TPSA) is 29.5 Å². The molecule has 1 fully saturated rings. The van der Waals surface area contributed by atoms with E-state index in [4.69, 9.17) is 16.3 Å². The molecule has 0 radical (unpaired) electrons. The van der Waals surface area contributed by atoms with E-state index in [0.717, 1.165) is 38.3 Å². The fourth-order valence-electron chi connectivity index (χ4n) is 4.28. The van der Waals surface area contributed by atoms with Gasteiger partial charge >= 0.3 is 0 Å². The zero-order valence-electron chi connectivity index (χ0n) is 16.1. The van der Waals surface area contributed by atoms with E-state index >= 15 is 0 Å². The van der Waals surface area contributed by atoms with Crippen LogP contribution in [0.5, 0.6) is 5.75 Å². The van der Waals surface area contributed by atoms with Crippen LogP contribution < -0.4 is 4.74 Å². The molecule has 0 aliphatic heterocycles. The third kappa shape index (κ3) is 4.09. The van der Waals surface area contributed by atoms with E-state index < -0.39 is 0 Å². The number of ether oxygens (including phenoxy) is 1. The highest BCUT2D eigenvalue weighted by atomic mass is 35.5. The third-order valence-electron chi connectivity index (χ3n) is 6.27. The summed E-state index contributed by atoms with van der Waals surface area (Å²) in [6, 6.07) is 7.15. The van der Waals surface area contributed by atoms with E-state index in [2.05, 4.69) is 26.8 Å². The van der Waals surface area contributed by atoms with Crippen molar-refractivity contribution < 1.29 is 9.53 Å². The molecule has 26 heavy (non-hydrogen) atoms. The van der Waals surface area contributed by atoms with Gasteiger partial charge < -0.3 is 9.64 Å². The van der Waals surface area contributed by atoms with E-state index in [0.29, 0.717) is 22.1 Å². The molecular formula is C22H30ClNO2. The van der Waals surface area contributed by atoms with Gasteiger partial charge in [0.05, 0.1) is 0 Å². The molecule has 2 atom stereocenters. The first kappa shape index (κ1) is 19.3. The first-order valence-corrected chi connectivity index (χ1v) is 10.1. The van der Waals surface area contributed by atoms with Crippen molar-refractivity contribution in [3.8, 4) is 5.75 Å². The highest BCUT2D eigenvalue weighted by molar-refractivity contribution is 6.30. The first-order valence-electron chi connectivity index (χ1n) is 9.77. The Morgan fingerprint density at radius 2 is 2.04 bits per heavy atom. The first-order chi connectivity index (χ1) is 12.4. The maximum atomic E-state index is 12.8. The number of carbonyl (C=O) groups is 1. The monoisotopic (exact) mass is 375 g/mol. The summed E-state index contributed by atoms with van der Waals surface area (Å²) in [6.07, 6.45) is 6.94. The lowest BCUT2D eigenvalue weighted by Crippen LogP contribution is -2.50. The maximum Gasteiger partial charge on any atom is 0.260 e. The molecule has 0 aromatic heterocycles. The minimum absolute atomic E-state index is 0.0635. The number of hydrogen-bond donors (Lipinski definition) is 0. The van der Waals surface area contributed by atoms with Crippen LogP contribution in [0.4, 0.5) is 0 Å². The minimum atomic E-state index is 0.0635. The summed E-state index contributed by atoms with van der Waals surface area (Å²) >= 11 is 5.89. The number of nitrogens with zero attached hydrogens (tertiary/aromatic N) is 1. The quantitative estimate of drug-likeness (QED) is 0.574. The number of rotatable bonds is 8. The zero-order chi connectivity index (χ0) is 18.7. The Hall–Kier alpha value is -1.48. The second-order valence-corrected chi connectivity index (χ2v) is 8.67. The number of unbranched alkanes of at least 4 members (excludes halogenated alkanes) is 1. The van der Waals surface area contributed by atoms with Crippen molar-refractivity contribution in [1.82, 2.24) is 4.90 Å². The van der Waals surface area contributed by atoms with E-state index in [1.54, 1.807) is 24.3 Å². The van der Waals surface area contributed by atoms with Gasteiger partial charge in [-0.05, 0) is 60.8 Å². The van der Waals surface area contributed by atoms with Gasteiger partial charge in [-0.1, -0.05) is 50.4 Å². The van der Waals surface area contributed by atoms with E-state index in [-0.39, 0.29) is 12.5 Å². The molecule has 4 heteroatoms. The molecular weight excluding hydrogens is 346 g/mol. The molecule has 0 spiro atoms. The van der Waals surface area contributed by atoms with Crippen molar-refractivity contribution >= 4 is 17.5 Å². The summed E-state index contributed by atoms with van der Waals surface area (Å²) in [5.41, 5.74) is 1.84. The van der Waals surface area contributed by atoms with Crippen molar-refractivity contribution in [1.29, 1.82) is 0 Å². The van der Waals surface area contributed by atoms with E-state index in [1.807, 2.05) is 4.90 Å². The van der Waals surface area contributed by atoms with Crippen molar-refractivity contribution in [3.63, 3.8) is 0 Å². The Morgan fingerprint density at radius 3 is 2.65 bits per heavy atom. The summed E-state index contributed by atoms with van der Waals surface area (Å²) in [5, 5.41) is 0.666. The van der Waals surface area contributed by atoms with E-state index in [9.17, 15) is 4.79 Å². The molecule has 1 amide bonds. The summed E-state index contributed by atoms with van der Waals surface area (Å²) < 4.78 is 5.68. The number of carbonyl (C=O) groups excluding carboxylic acids is 1. The number of hydrogen-bond acceptors (Lipinski definition) is 2. The van der Waals surface area contributed by atoms with Gasteiger partial charge in [0.25, 0.3) is 5.91 Å². The Morgan fingerprint density at radius 1 is 1.31 bits per heavy atom. The Kier molecular flexibility index (Phi) is 5.96. The number of allylic oxidation sites excluding steroid dienone is 1. The Labute approximate surface area is 162 Å². The molecule has 1 aromatic rings. The molecule has 142 valence electrons. The van der Waals surface area contributed by atoms with Gasteiger partial charge in [-0.3, -0.25) is 4.79 Å². The molecule has 2 unspecified atom stereocenters. The molecule has 0 saturated heterocycles. The highest BCUT2D eigenvalue weighted by Crippen LogP contribution is 2.59. The van der Waals surface area contributed by atoms with Crippen LogP contribution in [0.25, 0.3) is 0 Å². The molecule has 3 nitrogen and oxygen atoms in total. The molecule has 4 rings (SSSR count). The second-order valence-electron chi connectivity index (χ2n) is 8.23. The zero-order valence-corrected chi connectivity index (χ0v) is 16.9. The van der Waals surface area contributed by atoms with Gasteiger partial charge in [0.1, 0.15) is 5.75 Å². The predicted molar refractivity (Wildman–Crippen MR) is 107 cm³/mol. The van der Waals surface area contributed by atoms with Gasteiger partial charge in [-0.15, -0.1) is 0 Å². The average Bonchev–Trinajstić information content (AvgIpc) is 2.64. The molecule has 3 aliphatic carbocycles. The summed E-state index contributed by atoms with van der Waals surface area (Å²) in [4.78, 5) is 14.8. The number of fused-ring (bicyclic) bond motifs is 1. The maximum absolute atomic E-state index is 12.8. The van der Waals surface area contributed by atoms with Crippen molar-refractivity contribution in [2.75, 3.05) is 19.7 Å². The molecule has 0 N–H and O–H groups in total. The summed E-state index contributed by atoms with van der Waals surface area (Å²) in [7, 11) is 0. The lowest BCUT2D eigenvalue weighted by molar-refractivity contribution is -0.133. The number of amides is 1. The largest absolute Gasteiger partial charge is 0.484 e. The third-order valence-corrected chi connectivity index (χ3v) is 6.52. The van der Waals surface area contributed by atoms with Crippen molar-refractivity contribution in [3.05, 3.63) is 40.9 Å². The van der Waals surface area contributed by atoms with E-state index in [1.165, 1.54) is 12.0 Å². The number of halogens is 1. The normalized spacial score (nSPS) is 23.0. The van der Waals surface area contributed by atoms with Gasteiger partial charge in [-0.2, -0.15) is 0 Å². The molecule has 1 aromatic carbocycles. The van der Waals surface area contributed by atoms with Crippen molar-refractivity contribution in [2.24, 2.45) is 17.3 Å². The second kappa shape index (κ2) is 8.04. The fraction of sp³-hybridized carbons (Fsp3) is 0.591. The van der Waals surface area contributed by atoms with Crippen LogP contribution in [0.2, 0.25) is 5.02 Å². The minimum Gasteiger partial charge on any atom is -0.484 e. The highest BCUT2D eigenvalue weighted by Gasteiger charge is 2.51. The molecule has 1 saturated carbocycles. The average molecular weight is 376 g/mol. The molecule has 2 bridgehead atoms. The lowest BCUT2D eigenvalue weighted by Gasteiger charge is -2.57. The van der Waals surface area contributed by atoms with Gasteiger partial charge in [-0.25, -0.2) is 0 Å².